The first kappa shape index (κ1) is 12.7. The number of aliphatic hydroxyl groups is 1. The van der Waals surface area contributed by atoms with E-state index in [0.29, 0.717) is 23.6 Å². The molecule has 0 amide bonds. The number of nitrogens with zero attached hydrogens (tertiary/aromatic N) is 3. The Morgan fingerprint density at radius 3 is 2.95 bits per heavy atom. The summed E-state index contributed by atoms with van der Waals surface area (Å²) in [6.45, 7) is 2.13. The predicted octanol–water partition coefficient (Wildman–Crippen LogP) is 2.62. The summed E-state index contributed by atoms with van der Waals surface area (Å²) >= 11 is 0. The number of benzene rings is 1. The van der Waals surface area contributed by atoms with Crippen LogP contribution in [0, 0.1) is 5.82 Å². The molecule has 0 spiro atoms. The number of pyridine rings is 1. The first-order valence-corrected chi connectivity index (χ1v) is 6.40. The zero-order valence-electron chi connectivity index (χ0n) is 11.0. The first-order chi connectivity index (χ1) is 9.65. The molecule has 0 radical (unpaired) electrons. The molecule has 0 aliphatic rings. The second kappa shape index (κ2) is 5.02. The third-order valence-corrected chi connectivity index (χ3v) is 3.08. The second-order valence-corrected chi connectivity index (χ2v) is 4.76. The molecule has 2 heterocycles. The largest absolute Gasteiger partial charge is 0.392 e. The third-order valence-electron chi connectivity index (χ3n) is 3.08. The van der Waals surface area contributed by atoms with E-state index in [0.717, 1.165) is 5.39 Å². The molecule has 5 heteroatoms. The van der Waals surface area contributed by atoms with Crippen molar-refractivity contribution in [3.63, 3.8) is 0 Å². The minimum absolute atomic E-state index is 0.330. The van der Waals surface area contributed by atoms with Gasteiger partial charge < -0.3 is 9.67 Å². The van der Waals surface area contributed by atoms with Crippen LogP contribution < -0.4 is 0 Å². The lowest BCUT2D eigenvalue weighted by molar-refractivity contribution is 0.174. The van der Waals surface area contributed by atoms with Crippen molar-refractivity contribution in [2.24, 2.45) is 0 Å². The number of hydrogen-bond donors (Lipinski definition) is 1. The molecule has 3 rings (SSSR count). The Morgan fingerprint density at radius 1 is 1.30 bits per heavy atom. The van der Waals surface area contributed by atoms with Crippen LogP contribution in [0.25, 0.3) is 22.4 Å². The quantitative estimate of drug-likeness (QED) is 0.796. The van der Waals surface area contributed by atoms with Crippen molar-refractivity contribution in [3.8, 4) is 11.5 Å². The Balaban J connectivity index is 2.11. The smallest absolute Gasteiger partial charge is 0.158 e. The number of fused-ring (bicyclic) bond motifs is 1. The number of rotatable bonds is 3. The van der Waals surface area contributed by atoms with Gasteiger partial charge in [0.25, 0.3) is 0 Å². The number of aromatic nitrogens is 3. The van der Waals surface area contributed by atoms with Crippen LogP contribution in [0.1, 0.15) is 6.92 Å². The molecule has 3 aromatic rings. The van der Waals surface area contributed by atoms with Crippen molar-refractivity contribution in [2.45, 2.75) is 19.6 Å². The van der Waals surface area contributed by atoms with Crippen molar-refractivity contribution < 1.29 is 9.50 Å². The SMILES string of the molecule is C[C@@H](O)Cn1ccnc1-c1ccc2cccc(F)c2n1. The summed E-state index contributed by atoms with van der Waals surface area (Å²) in [4.78, 5) is 8.59. The molecule has 0 unspecified atom stereocenters. The Kier molecular flexibility index (Phi) is 3.20. The van der Waals surface area contributed by atoms with Gasteiger partial charge in [0.05, 0.1) is 6.10 Å². The zero-order chi connectivity index (χ0) is 14.1. The van der Waals surface area contributed by atoms with Crippen molar-refractivity contribution in [3.05, 3.63) is 48.5 Å². The number of para-hydroxylation sites is 1. The van der Waals surface area contributed by atoms with Crippen molar-refractivity contribution >= 4 is 10.9 Å². The number of halogens is 1. The van der Waals surface area contributed by atoms with Crippen LogP contribution in [0.4, 0.5) is 4.39 Å². The highest BCUT2D eigenvalue weighted by Gasteiger charge is 2.11. The Labute approximate surface area is 115 Å². The lowest BCUT2D eigenvalue weighted by Crippen LogP contribution is -2.12. The van der Waals surface area contributed by atoms with E-state index >= 15 is 0 Å². The van der Waals surface area contributed by atoms with Gasteiger partial charge >= 0.3 is 0 Å². The molecule has 4 nitrogen and oxygen atoms in total. The highest BCUT2D eigenvalue weighted by atomic mass is 19.1. The molecule has 1 aromatic carbocycles. The molecule has 1 atom stereocenters. The van der Waals surface area contributed by atoms with E-state index in [1.807, 2.05) is 18.2 Å². The maximum Gasteiger partial charge on any atom is 0.158 e. The molecule has 0 bridgehead atoms. The molecule has 0 saturated heterocycles. The fourth-order valence-corrected chi connectivity index (χ4v) is 2.21. The fraction of sp³-hybridized carbons (Fsp3) is 0.200. The van der Waals surface area contributed by atoms with Gasteiger partial charge in [0.1, 0.15) is 17.0 Å². The summed E-state index contributed by atoms with van der Waals surface area (Å²) in [7, 11) is 0. The zero-order valence-corrected chi connectivity index (χ0v) is 11.0. The van der Waals surface area contributed by atoms with E-state index < -0.39 is 6.10 Å². The first-order valence-electron chi connectivity index (χ1n) is 6.40. The van der Waals surface area contributed by atoms with Crippen LogP contribution in [-0.4, -0.2) is 25.7 Å². The van der Waals surface area contributed by atoms with E-state index in [-0.39, 0.29) is 5.82 Å². The lowest BCUT2D eigenvalue weighted by atomic mass is 10.2. The van der Waals surface area contributed by atoms with Gasteiger partial charge in [-0.1, -0.05) is 18.2 Å². The normalized spacial score (nSPS) is 12.8. The summed E-state index contributed by atoms with van der Waals surface area (Å²) in [6, 6.07) is 8.50. The standard InChI is InChI=1S/C15H14FN3O/c1-10(20)9-19-8-7-17-15(19)13-6-5-11-3-2-4-12(16)14(11)18-13/h2-8,10,20H,9H2,1H3/t10-/m1/s1. The van der Waals surface area contributed by atoms with Crippen LogP contribution in [0.2, 0.25) is 0 Å². The van der Waals surface area contributed by atoms with Crippen molar-refractivity contribution in [1.29, 1.82) is 0 Å². The molecular formula is C15H14FN3O. The summed E-state index contributed by atoms with van der Waals surface area (Å²) in [5.41, 5.74) is 0.921. The van der Waals surface area contributed by atoms with Gasteiger partial charge in [0, 0.05) is 24.3 Å². The van der Waals surface area contributed by atoms with Gasteiger partial charge in [0.2, 0.25) is 0 Å². The second-order valence-electron chi connectivity index (χ2n) is 4.76. The van der Waals surface area contributed by atoms with Gasteiger partial charge in [-0.2, -0.15) is 0 Å². The molecule has 2 aromatic heterocycles. The third kappa shape index (κ3) is 2.28. The van der Waals surface area contributed by atoms with Crippen LogP contribution >= 0.6 is 0 Å². The Hall–Kier alpha value is -2.27. The van der Waals surface area contributed by atoms with E-state index in [1.165, 1.54) is 6.07 Å². The molecule has 102 valence electrons. The maximum atomic E-state index is 13.8. The number of aliphatic hydroxyl groups excluding tert-OH is 1. The van der Waals surface area contributed by atoms with Crippen molar-refractivity contribution in [1.82, 2.24) is 14.5 Å². The van der Waals surface area contributed by atoms with Gasteiger partial charge in [0.15, 0.2) is 5.82 Å². The number of imidazole rings is 1. The van der Waals surface area contributed by atoms with E-state index in [1.54, 1.807) is 30.0 Å². The summed E-state index contributed by atoms with van der Waals surface area (Å²) in [6.07, 6.45) is 2.93. The van der Waals surface area contributed by atoms with E-state index in [2.05, 4.69) is 9.97 Å². The molecular weight excluding hydrogens is 257 g/mol. The molecule has 1 N–H and O–H groups in total. The molecule has 0 saturated carbocycles. The predicted molar refractivity (Wildman–Crippen MR) is 74.6 cm³/mol. The van der Waals surface area contributed by atoms with Gasteiger partial charge in [-0.25, -0.2) is 14.4 Å². The highest BCUT2D eigenvalue weighted by Crippen LogP contribution is 2.21. The Bertz CT molecular complexity index is 752. The summed E-state index contributed by atoms with van der Waals surface area (Å²) in [5, 5.41) is 10.2. The average Bonchev–Trinajstić information content (AvgIpc) is 2.86. The molecule has 0 aliphatic carbocycles. The van der Waals surface area contributed by atoms with Crippen LogP contribution in [0.3, 0.4) is 0 Å². The van der Waals surface area contributed by atoms with E-state index in [4.69, 9.17) is 0 Å². The molecule has 20 heavy (non-hydrogen) atoms. The minimum atomic E-state index is -0.486. The monoisotopic (exact) mass is 271 g/mol. The lowest BCUT2D eigenvalue weighted by Gasteiger charge is -2.10. The molecule has 0 fully saturated rings. The number of hydrogen-bond acceptors (Lipinski definition) is 3. The van der Waals surface area contributed by atoms with Crippen LogP contribution in [-0.2, 0) is 6.54 Å². The summed E-state index contributed by atoms with van der Waals surface area (Å²) < 4.78 is 15.6. The maximum absolute atomic E-state index is 13.8. The van der Waals surface area contributed by atoms with Gasteiger partial charge in [-0.05, 0) is 19.1 Å². The molecule has 0 aliphatic heterocycles. The highest BCUT2D eigenvalue weighted by molar-refractivity contribution is 5.81. The van der Waals surface area contributed by atoms with Crippen molar-refractivity contribution in [2.75, 3.05) is 0 Å². The minimum Gasteiger partial charge on any atom is -0.392 e. The summed E-state index contributed by atoms with van der Waals surface area (Å²) in [5.74, 6) is 0.272. The Morgan fingerprint density at radius 2 is 2.15 bits per heavy atom. The van der Waals surface area contributed by atoms with E-state index in [9.17, 15) is 9.50 Å². The average molecular weight is 271 g/mol. The van der Waals surface area contributed by atoms with Crippen LogP contribution in [0.5, 0.6) is 0 Å². The van der Waals surface area contributed by atoms with Gasteiger partial charge in [-0.15, -0.1) is 0 Å². The topological polar surface area (TPSA) is 50.9 Å². The van der Waals surface area contributed by atoms with Gasteiger partial charge in [-0.3, -0.25) is 0 Å². The fourth-order valence-electron chi connectivity index (χ4n) is 2.21. The van der Waals surface area contributed by atoms with Crippen LogP contribution in [0.15, 0.2) is 42.7 Å².